The summed E-state index contributed by atoms with van der Waals surface area (Å²) in [7, 11) is -144. The van der Waals surface area contributed by atoms with E-state index in [2.05, 4.69) is 109 Å². The minimum Gasteiger partial charge on any atom is -0.303 e. The minimum atomic E-state index is -6.02. The standard InChI is InChI=1S/4C6H18O24P6/c4*7-31(8,9)25-1-2(26-32(10,11)12)4(28-34(16,17)18)6(30-36(22,23)24)5(29-35(19,20)21)3(1)27-33(13,14)15/h4*1-6H,(H2,7,8,9)(H2,10,11,12)(H2,13,14,15)(H2,16,17,18)(H2,19,20,21)(H2,22,23,24)/t4*1-,2-,3-,4+,5-,6-. The maximum absolute atomic E-state index is 11.4. The number of rotatable bonds is 48. The van der Waals surface area contributed by atoms with Gasteiger partial charge in [-0.2, -0.15) is 0 Å². The lowest BCUT2D eigenvalue weighted by atomic mass is 9.85. The smallest absolute Gasteiger partial charge is 0.303 e. The molecule has 4 fully saturated rings. The van der Waals surface area contributed by atoms with Gasteiger partial charge in [-0.3, -0.25) is 109 Å². The van der Waals surface area contributed by atoms with Gasteiger partial charge < -0.3 is 235 Å². The van der Waals surface area contributed by atoms with Gasteiger partial charge in [-0.1, -0.05) is 0 Å². The van der Waals surface area contributed by atoms with Crippen LogP contribution in [-0.4, -0.2) is 381 Å². The molecule has 0 aromatic carbocycles. The SMILES string of the molecule is O=P(O)(O)O[C@H]1[C@H](OP(=O)(O)O)[C@@H](OP(=O)(O)O)[C@H](OP(=O)(O)O)[C@@H](OP(=O)(O)O)[C@H]1OP(=O)(O)O.O=P(O)(O)O[C@H]1[C@H](OP(=O)(O)O)[C@@H](OP(=O)(O)O)[C@H](OP(=O)(O)O)[C@@H](OP(=O)(O)O)[C@H]1OP(=O)(O)O.O=P(O)(O)O[C@H]1[C@H](OP(=O)(O)O)[C@@H](OP(=O)(O)O)[C@H](OP(=O)(O)O)[C@@H](OP(=O)(O)O)[C@H]1OP(=O)(O)O.O=P(O)(O)O[C@H]1[C@H](OP(=O)(O)O)[C@@H](OP(=O)(O)O)[C@H](OP(=O)(O)O)[C@@H](OP(=O)(O)O)[C@H]1OP(=O)(O)O. The van der Waals surface area contributed by atoms with Crippen molar-refractivity contribution in [2.45, 2.75) is 146 Å². The first-order valence-corrected chi connectivity index (χ1v) is 68.7. The molecule has 0 amide bonds. The Morgan fingerprint density at radius 3 is 0.104 bits per heavy atom. The number of hydrogen-bond acceptors (Lipinski definition) is 48. The first-order chi connectivity index (χ1) is 62.3. The zero-order chi connectivity index (χ0) is 115. The molecule has 0 saturated heterocycles. The van der Waals surface area contributed by atoms with Crippen LogP contribution in [0.4, 0.5) is 0 Å². The Bertz CT molecular complexity index is 3940. The van der Waals surface area contributed by atoms with Crippen LogP contribution in [0.2, 0.25) is 0 Å². The van der Waals surface area contributed by atoms with Crippen LogP contribution in [0.1, 0.15) is 0 Å². The Balaban J connectivity index is 0.000000960. The second-order valence-electron chi connectivity index (χ2n) is 25.5. The summed E-state index contributed by atoms with van der Waals surface area (Å²) in [5.41, 5.74) is 0. The average molecular weight is 2640 g/mol. The largest absolute Gasteiger partial charge is 0.470 e. The minimum absolute atomic E-state index is 3.14. The van der Waals surface area contributed by atoms with Gasteiger partial charge in [0.1, 0.15) is 146 Å². The van der Waals surface area contributed by atoms with Crippen LogP contribution in [0.25, 0.3) is 0 Å². The Labute approximate surface area is 784 Å². The van der Waals surface area contributed by atoms with E-state index in [-0.39, 0.29) is 0 Å². The van der Waals surface area contributed by atoms with Gasteiger partial charge in [0.2, 0.25) is 0 Å². The van der Waals surface area contributed by atoms with Crippen molar-refractivity contribution < 1.29 is 453 Å². The van der Waals surface area contributed by atoms with E-state index < -0.39 is 334 Å². The number of hydrogen-bond donors (Lipinski definition) is 48. The maximum Gasteiger partial charge on any atom is 0.470 e. The van der Waals surface area contributed by atoms with Crippen LogP contribution in [0.15, 0.2) is 0 Å². The molecule has 144 heavy (non-hydrogen) atoms. The molecule has 0 aliphatic heterocycles. The fourth-order valence-corrected chi connectivity index (χ4v) is 24.5. The quantitative estimate of drug-likeness (QED) is 0.0252. The van der Waals surface area contributed by atoms with E-state index in [9.17, 15) is 110 Å². The molecule has 48 N–H and O–H groups in total. The molecular weight excluding hydrogens is 2570 g/mol. The summed E-state index contributed by atoms with van der Waals surface area (Å²) in [5.74, 6) is 0. The van der Waals surface area contributed by atoms with Gasteiger partial charge in [-0.25, -0.2) is 110 Å². The third kappa shape index (κ3) is 62.4. The molecule has 4 rings (SSSR count). The predicted molar refractivity (Wildman–Crippen MR) is 406 cm³/mol. The Morgan fingerprint density at radius 2 is 0.0903 bits per heavy atom. The Hall–Kier alpha value is 2.64. The molecule has 0 spiro atoms. The van der Waals surface area contributed by atoms with Crippen LogP contribution >= 0.6 is 188 Å². The molecule has 0 radical (unpaired) electrons. The second-order valence-corrected chi connectivity index (χ2v) is 54.1. The summed E-state index contributed by atoms with van der Waals surface area (Å²) in [4.78, 5) is 439. The molecule has 4 aliphatic carbocycles. The van der Waals surface area contributed by atoms with Crippen molar-refractivity contribution in [3.63, 3.8) is 0 Å². The molecule has 0 aromatic rings. The monoisotopic (exact) mass is 2640 g/mol. The topological polar surface area (TPSA) is 1600 Å². The van der Waals surface area contributed by atoms with Crippen molar-refractivity contribution in [2.24, 2.45) is 0 Å². The first kappa shape index (κ1) is 145. The van der Waals surface area contributed by atoms with Gasteiger partial charge in [-0.05, 0) is 0 Å². The van der Waals surface area contributed by atoms with E-state index in [0.29, 0.717) is 0 Å². The fourth-order valence-electron chi connectivity index (χ4n) is 11.2. The predicted octanol–water partition coefficient (Wildman–Crippen LogP) is -12.5. The highest BCUT2D eigenvalue weighted by molar-refractivity contribution is 7.52. The lowest BCUT2D eigenvalue weighted by molar-refractivity contribution is -0.202. The van der Waals surface area contributed by atoms with E-state index in [1.165, 1.54) is 0 Å². The third-order valence-corrected chi connectivity index (χ3v) is 26.4. The van der Waals surface area contributed by atoms with Crippen LogP contribution in [-0.2, 0) is 218 Å². The highest BCUT2D eigenvalue weighted by atomic mass is 31.2. The summed E-state index contributed by atoms with van der Waals surface area (Å²) in [6, 6.07) is 0. The number of phosphoric acid groups is 24. The normalized spacial score (nSPS) is 29.3. The van der Waals surface area contributed by atoms with Gasteiger partial charge in [-0.15, -0.1) is 0 Å². The lowest BCUT2D eigenvalue weighted by Crippen LogP contribution is -2.66. The van der Waals surface area contributed by atoms with Gasteiger partial charge in [0.25, 0.3) is 0 Å². The Morgan fingerprint density at radius 1 is 0.0694 bits per heavy atom. The second kappa shape index (κ2) is 51.8. The first-order valence-electron chi connectivity index (χ1n) is 32.0. The van der Waals surface area contributed by atoms with Gasteiger partial charge in [0.05, 0.1) is 0 Å². The lowest BCUT2D eigenvalue weighted by Gasteiger charge is -2.48. The zero-order valence-corrected chi connectivity index (χ0v) is 87.1. The summed E-state index contributed by atoms with van der Waals surface area (Å²) in [6.45, 7) is 0. The molecule has 0 aromatic heterocycles. The van der Waals surface area contributed by atoms with E-state index in [1.807, 2.05) is 0 Å². The molecule has 96 nitrogen and oxygen atoms in total. The maximum atomic E-state index is 11.4. The summed E-state index contributed by atoms with van der Waals surface area (Å²) < 4.78 is 373. The molecule has 0 heterocycles. The molecule has 864 valence electrons. The summed E-state index contributed by atoms with van der Waals surface area (Å²) in [5, 5.41) is 0. The average Bonchev–Trinajstić information content (AvgIpc) is 0.755. The third-order valence-electron chi connectivity index (χ3n) is 14.0. The molecular formula is C24H72O96P24. The fraction of sp³-hybridized carbons (Fsp3) is 1.00. The van der Waals surface area contributed by atoms with Crippen molar-refractivity contribution in [3.8, 4) is 0 Å². The van der Waals surface area contributed by atoms with E-state index >= 15 is 0 Å². The molecule has 0 bridgehead atoms. The van der Waals surface area contributed by atoms with Crippen LogP contribution in [0, 0.1) is 0 Å². The highest BCUT2D eigenvalue weighted by Crippen LogP contribution is 2.65. The van der Waals surface area contributed by atoms with Crippen molar-refractivity contribution in [1.82, 2.24) is 0 Å². The van der Waals surface area contributed by atoms with Gasteiger partial charge >= 0.3 is 188 Å². The van der Waals surface area contributed by atoms with Crippen LogP contribution in [0.5, 0.6) is 0 Å². The van der Waals surface area contributed by atoms with Crippen molar-refractivity contribution >= 4 is 188 Å². The van der Waals surface area contributed by atoms with Crippen molar-refractivity contribution in [2.75, 3.05) is 0 Å². The van der Waals surface area contributed by atoms with Gasteiger partial charge in [0, 0.05) is 0 Å². The van der Waals surface area contributed by atoms with Crippen molar-refractivity contribution in [1.29, 1.82) is 0 Å². The number of phosphoric ester groups is 24. The summed E-state index contributed by atoms with van der Waals surface area (Å²) in [6.07, 6.45) is -75.4. The highest BCUT2D eigenvalue weighted by Gasteiger charge is 2.69. The van der Waals surface area contributed by atoms with E-state index in [0.717, 1.165) is 0 Å². The molecule has 120 heteroatoms. The van der Waals surface area contributed by atoms with Crippen LogP contribution < -0.4 is 0 Å². The summed E-state index contributed by atoms with van der Waals surface area (Å²) >= 11 is 0. The molecule has 4 aliphatic rings. The molecule has 0 atom stereocenters. The van der Waals surface area contributed by atoms with Crippen LogP contribution in [0.3, 0.4) is 0 Å². The van der Waals surface area contributed by atoms with E-state index in [1.54, 1.807) is 0 Å². The zero-order valence-electron chi connectivity index (χ0n) is 65.7. The van der Waals surface area contributed by atoms with Gasteiger partial charge in [0.15, 0.2) is 0 Å². The van der Waals surface area contributed by atoms with E-state index in [4.69, 9.17) is 235 Å². The Kier molecular flexibility index (Phi) is 52.0. The molecule has 0 unspecified atom stereocenters. The van der Waals surface area contributed by atoms with Crippen molar-refractivity contribution in [3.05, 3.63) is 0 Å². The molecule has 4 saturated carbocycles.